The molecule has 4 rings (SSSR count). The van der Waals surface area contributed by atoms with E-state index >= 15 is 0 Å². The Hall–Kier alpha value is -3.24. The number of Topliss-reactive ketones (excluding diaryl/α,β-unsaturated/α-hetero) is 1. The van der Waals surface area contributed by atoms with Gasteiger partial charge in [-0.3, -0.25) is 19.2 Å². The fourth-order valence-electron chi connectivity index (χ4n) is 3.14. The van der Waals surface area contributed by atoms with E-state index in [2.05, 4.69) is 10.6 Å². The smallest absolute Gasteiger partial charge is 0.307 e. The zero-order chi connectivity index (χ0) is 22.8. The Kier molecular flexibility index (Phi) is 6.24. The van der Waals surface area contributed by atoms with Crippen LogP contribution in [0.5, 0.6) is 11.5 Å². The maximum absolute atomic E-state index is 12.3. The topological polar surface area (TPSA) is 120 Å². The lowest BCUT2D eigenvalue weighted by atomic mass is 10.1. The molecule has 9 nitrogen and oxygen atoms in total. The molecule has 0 bridgehead atoms. The van der Waals surface area contributed by atoms with Crippen LogP contribution in [0.25, 0.3) is 0 Å². The zero-order valence-corrected chi connectivity index (χ0v) is 18.3. The molecule has 32 heavy (non-hydrogen) atoms. The largest absolute Gasteiger partial charge is 0.456 e. The summed E-state index contributed by atoms with van der Waals surface area (Å²) < 4.78 is 15.5. The highest BCUT2D eigenvalue weighted by atomic mass is 35.5. The number of esters is 1. The highest BCUT2D eigenvalue weighted by molar-refractivity contribution is 8.01. The number of nitrogens with one attached hydrogen (secondary N) is 2. The van der Waals surface area contributed by atoms with E-state index in [9.17, 15) is 19.2 Å². The standard InChI is InChI=1S/C21H17ClN2O7S/c1-10(25)12-5-15-16(31-9-30-15)6-13(12)23-19(26)8-29-20(27)7-18-21(28)24-14-4-11(22)2-3-17(14)32-18/h2-6,18H,7-9H2,1H3,(H,23,26)(H,24,28). The average Bonchev–Trinajstić information content (AvgIpc) is 3.19. The zero-order valence-electron chi connectivity index (χ0n) is 16.7. The van der Waals surface area contributed by atoms with Crippen LogP contribution in [0.2, 0.25) is 5.02 Å². The molecule has 0 saturated carbocycles. The SMILES string of the molecule is CC(=O)c1cc2c(cc1NC(=O)COC(=O)CC1Sc3ccc(Cl)cc3NC1=O)OCO2. The summed E-state index contributed by atoms with van der Waals surface area (Å²) in [5.74, 6) is -1.17. The highest BCUT2D eigenvalue weighted by Gasteiger charge is 2.30. The number of carbonyl (C=O) groups excluding carboxylic acids is 4. The Morgan fingerprint density at radius 2 is 1.97 bits per heavy atom. The number of benzene rings is 2. The Morgan fingerprint density at radius 1 is 1.22 bits per heavy atom. The normalized spacial score (nSPS) is 16.1. The van der Waals surface area contributed by atoms with Crippen molar-refractivity contribution in [2.24, 2.45) is 0 Å². The summed E-state index contributed by atoms with van der Waals surface area (Å²) in [6.45, 7) is 0.800. The molecule has 11 heteroatoms. The first-order valence-corrected chi connectivity index (χ1v) is 10.7. The molecule has 0 spiro atoms. The van der Waals surface area contributed by atoms with Gasteiger partial charge in [0.2, 0.25) is 12.7 Å². The highest BCUT2D eigenvalue weighted by Crippen LogP contribution is 2.39. The van der Waals surface area contributed by atoms with Gasteiger partial charge in [0.15, 0.2) is 23.9 Å². The minimum Gasteiger partial charge on any atom is -0.456 e. The molecular weight excluding hydrogens is 460 g/mol. The van der Waals surface area contributed by atoms with Crippen LogP contribution in [0.3, 0.4) is 0 Å². The van der Waals surface area contributed by atoms with Crippen LogP contribution in [0, 0.1) is 0 Å². The molecule has 1 atom stereocenters. The summed E-state index contributed by atoms with van der Waals surface area (Å²) in [4.78, 5) is 49.4. The quantitative estimate of drug-likeness (QED) is 0.481. The predicted octanol–water partition coefficient (Wildman–Crippen LogP) is 3.26. The van der Waals surface area contributed by atoms with E-state index in [4.69, 9.17) is 25.8 Å². The number of carbonyl (C=O) groups is 4. The fourth-order valence-corrected chi connectivity index (χ4v) is 4.38. The molecule has 2 aromatic carbocycles. The second kappa shape index (κ2) is 9.09. The van der Waals surface area contributed by atoms with E-state index in [1.807, 2.05) is 0 Å². The van der Waals surface area contributed by atoms with Gasteiger partial charge < -0.3 is 24.8 Å². The van der Waals surface area contributed by atoms with Gasteiger partial charge in [-0.15, -0.1) is 11.8 Å². The number of anilines is 2. The number of amides is 2. The first kappa shape index (κ1) is 22.0. The molecule has 1 unspecified atom stereocenters. The molecule has 2 N–H and O–H groups in total. The molecule has 0 fully saturated rings. The molecule has 0 aromatic heterocycles. The van der Waals surface area contributed by atoms with Crippen molar-refractivity contribution in [1.82, 2.24) is 0 Å². The maximum atomic E-state index is 12.3. The van der Waals surface area contributed by atoms with Crippen molar-refractivity contribution in [1.29, 1.82) is 0 Å². The van der Waals surface area contributed by atoms with Crippen molar-refractivity contribution in [2.45, 2.75) is 23.5 Å². The van der Waals surface area contributed by atoms with E-state index < -0.39 is 23.7 Å². The summed E-state index contributed by atoms with van der Waals surface area (Å²) in [5.41, 5.74) is 1.05. The second-order valence-electron chi connectivity index (χ2n) is 6.96. The van der Waals surface area contributed by atoms with E-state index in [-0.39, 0.29) is 36.2 Å². The first-order chi connectivity index (χ1) is 15.3. The van der Waals surface area contributed by atoms with E-state index in [1.165, 1.54) is 30.8 Å². The van der Waals surface area contributed by atoms with Gasteiger partial charge in [0.1, 0.15) is 0 Å². The van der Waals surface area contributed by atoms with Gasteiger partial charge in [-0.05, 0) is 31.2 Å². The Bertz CT molecular complexity index is 1140. The molecular formula is C21H17ClN2O7S. The lowest BCUT2D eigenvalue weighted by molar-refractivity contribution is -0.147. The number of ketones is 1. The van der Waals surface area contributed by atoms with Gasteiger partial charge in [-0.1, -0.05) is 11.6 Å². The summed E-state index contributed by atoms with van der Waals surface area (Å²) in [7, 11) is 0. The van der Waals surface area contributed by atoms with Crippen molar-refractivity contribution < 1.29 is 33.4 Å². The third-order valence-corrected chi connectivity index (χ3v) is 6.15. The van der Waals surface area contributed by atoms with Gasteiger partial charge in [0.05, 0.1) is 23.0 Å². The van der Waals surface area contributed by atoms with Crippen molar-refractivity contribution in [3.8, 4) is 11.5 Å². The first-order valence-electron chi connectivity index (χ1n) is 9.47. The number of ether oxygens (including phenoxy) is 3. The summed E-state index contributed by atoms with van der Waals surface area (Å²) in [5, 5.41) is 5.04. The molecule has 166 valence electrons. The summed E-state index contributed by atoms with van der Waals surface area (Å²) >= 11 is 7.14. The predicted molar refractivity (Wildman–Crippen MR) is 117 cm³/mol. The van der Waals surface area contributed by atoms with Crippen molar-refractivity contribution in [3.05, 3.63) is 40.9 Å². The molecule has 0 radical (unpaired) electrons. The monoisotopic (exact) mass is 476 g/mol. The number of hydrogen-bond donors (Lipinski definition) is 2. The average molecular weight is 477 g/mol. The van der Waals surface area contributed by atoms with E-state index in [0.29, 0.717) is 22.2 Å². The number of rotatable bonds is 6. The van der Waals surface area contributed by atoms with Crippen LogP contribution in [0.1, 0.15) is 23.7 Å². The molecule has 0 aliphatic carbocycles. The van der Waals surface area contributed by atoms with Crippen molar-refractivity contribution in [3.63, 3.8) is 0 Å². The minimum absolute atomic E-state index is 0.0198. The molecule has 2 aliphatic rings. The van der Waals surface area contributed by atoms with Crippen LogP contribution in [-0.4, -0.2) is 42.2 Å². The van der Waals surface area contributed by atoms with Crippen LogP contribution in [0.15, 0.2) is 35.2 Å². The maximum Gasteiger partial charge on any atom is 0.307 e. The van der Waals surface area contributed by atoms with Gasteiger partial charge in [-0.2, -0.15) is 0 Å². The van der Waals surface area contributed by atoms with Gasteiger partial charge in [-0.25, -0.2) is 0 Å². The van der Waals surface area contributed by atoms with Crippen LogP contribution in [-0.2, 0) is 19.1 Å². The lowest BCUT2D eigenvalue weighted by Gasteiger charge is -2.23. The van der Waals surface area contributed by atoms with E-state index in [1.54, 1.807) is 18.2 Å². The number of halogens is 1. The van der Waals surface area contributed by atoms with Crippen LogP contribution in [0.4, 0.5) is 11.4 Å². The van der Waals surface area contributed by atoms with Crippen LogP contribution < -0.4 is 20.1 Å². The van der Waals surface area contributed by atoms with Crippen molar-refractivity contribution in [2.75, 3.05) is 24.0 Å². The lowest BCUT2D eigenvalue weighted by Crippen LogP contribution is -2.32. The molecule has 2 aliphatic heterocycles. The molecule has 2 aromatic rings. The summed E-state index contributed by atoms with van der Waals surface area (Å²) in [6, 6.07) is 8.04. The number of fused-ring (bicyclic) bond motifs is 2. The number of thioether (sulfide) groups is 1. The second-order valence-corrected chi connectivity index (χ2v) is 8.64. The fraction of sp³-hybridized carbons (Fsp3) is 0.238. The van der Waals surface area contributed by atoms with Crippen molar-refractivity contribution >= 4 is 58.3 Å². The molecule has 2 amide bonds. The van der Waals surface area contributed by atoms with Crippen LogP contribution >= 0.6 is 23.4 Å². The molecule has 0 saturated heterocycles. The van der Waals surface area contributed by atoms with Gasteiger partial charge in [0.25, 0.3) is 5.91 Å². The Morgan fingerprint density at radius 3 is 2.72 bits per heavy atom. The minimum atomic E-state index is -0.706. The van der Waals surface area contributed by atoms with Gasteiger partial charge >= 0.3 is 5.97 Å². The third-order valence-electron chi connectivity index (χ3n) is 4.64. The number of hydrogen-bond acceptors (Lipinski definition) is 8. The Balaban J connectivity index is 1.33. The summed E-state index contributed by atoms with van der Waals surface area (Å²) in [6.07, 6.45) is -0.214. The third kappa shape index (κ3) is 4.81. The Labute approximate surface area is 191 Å². The van der Waals surface area contributed by atoms with E-state index in [0.717, 1.165) is 4.90 Å². The molecule has 2 heterocycles. The van der Waals surface area contributed by atoms with Gasteiger partial charge in [0, 0.05) is 21.5 Å².